The third kappa shape index (κ3) is 6.87. The molecule has 0 bridgehead atoms. The second-order valence-corrected chi connectivity index (χ2v) is 15.9. The van der Waals surface area contributed by atoms with Crippen LogP contribution < -0.4 is 4.74 Å². The first-order chi connectivity index (χ1) is 23.8. The third-order valence-electron chi connectivity index (χ3n) is 10.5. The molecule has 2 atom stereocenters. The maximum atomic E-state index is 6.70. The molecular formula is C45H50N4OPt. The van der Waals surface area contributed by atoms with Gasteiger partial charge in [0.15, 0.2) is 0 Å². The Morgan fingerprint density at radius 3 is 2.35 bits per heavy atom. The van der Waals surface area contributed by atoms with Gasteiger partial charge in [-0.15, -0.1) is 41.3 Å². The number of allylic oxidation sites excluding steroid dienone is 2. The summed E-state index contributed by atoms with van der Waals surface area (Å²) in [5.41, 5.74) is 10.5. The number of benzene rings is 3. The molecule has 1 unspecified atom stereocenters. The fourth-order valence-electron chi connectivity index (χ4n) is 7.86. The molecule has 0 fully saturated rings. The Labute approximate surface area is 318 Å². The molecule has 6 aromatic rings. The molecule has 0 radical (unpaired) electrons. The van der Waals surface area contributed by atoms with Crippen molar-refractivity contribution in [1.29, 1.82) is 0 Å². The zero-order valence-corrected chi connectivity index (χ0v) is 33.9. The molecule has 51 heavy (non-hydrogen) atoms. The maximum Gasteiger partial charge on any atom is 2.00 e. The Bertz CT molecular complexity index is 2250. The molecule has 0 spiro atoms. The molecule has 3 heterocycles. The Hall–Kier alpha value is -3.95. The Morgan fingerprint density at radius 1 is 0.882 bits per heavy atom. The van der Waals surface area contributed by atoms with E-state index in [9.17, 15) is 0 Å². The number of pyridine rings is 1. The van der Waals surface area contributed by atoms with Crippen LogP contribution in [0.5, 0.6) is 11.5 Å². The van der Waals surface area contributed by atoms with E-state index in [1.165, 1.54) is 34.4 Å². The van der Waals surface area contributed by atoms with Crippen molar-refractivity contribution in [1.82, 2.24) is 19.3 Å². The molecule has 3 aromatic heterocycles. The molecule has 6 heteroatoms. The average molecular weight is 858 g/mol. The van der Waals surface area contributed by atoms with Gasteiger partial charge in [0.05, 0.1) is 5.69 Å². The number of nitrogens with zero attached hydrogens (tertiary/aromatic N) is 4. The fourth-order valence-corrected chi connectivity index (χ4v) is 7.86. The van der Waals surface area contributed by atoms with E-state index in [-0.39, 0.29) is 32.4 Å². The largest absolute Gasteiger partial charge is 2.00 e. The number of hydrogen-bond acceptors (Lipinski definition) is 3. The first kappa shape index (κ1) is 36.8. The minimum absolute atomic E-state index is 0. The second kappa shape index (κ2) is 14.2. The molecule has 0 amide bonds. The van der Waals surface area contributed by atoms with Gasteiger partial charge in [0, 0.05) is 40.4 Å². The van der Waals surface area contributed by atoms with Crippen LogP contribution in [0.1, 0.15) is 121 Å². The summed E-state index contributed by atoms with van der Waals surface area (Å²) in [6, 6.07) is 28.6. The summed E-state index contributed by atoms with van der Waals surface area (Å²) in [6.45, 7) is 22.6. The Balaban J connectivity index is 0.00000448. The van der Waals surface area contributed by atoms with E-state index in [1.807, 2.05) is 12.3 Å². The molecule has 266 valence electrons. The zero-order valence-electron chi connectivity index (χ0n) is 31.7. The van der Waals surface area contributed by atoms with E-state index in [1.54, 1.807) is 0 Å². The van der Waals surface area contributed by atoms with Crippen LogP contribution in [0.3, 0.4) is 0 Å². The van der Waals surface area contributed by atoms with Crippen LogP contribution >= 0.6 is 0 Å². The Morgan fingerprint density at radius 2 is 1.65 bits per heavy atom. The molecule has 0 saturated carbocycles. The summed E-state index contributed by atoms with van der Waals surface area (Å²) in [6.07, 6.45) is 6.69. The SMILES string of the molecule is CC1=CCC[C@H](C)C1c1c(C)nn(-c2[c-]c(Oc3[c-]c4c(cc3)c3ccccc3n4-c3cc(C(C)(C)C)ccn3)cc(C(C)C)c2)c1C(C)C.[Pt+2]. The molecule has 0 saturated heterocycles. The minimum Gasteiger partial charge on any atom is -0.509 e. The fraction of sp³-hybridized carbons (Fsp3) is 0.378. The van der Waals surface area contributed by atoms with Crippen LogP contribution in [0.2, 0.25) is 0 Å². The molecule has 3 aromatic carbocycles. The van der Waals surface area contributed by atoms with Gasteiger partial charge in [0.2, 0.25) is 0 Å². The van der Waals surface area contributed by atoms with Gasteiger partial charge in [0.25, 0.3) is 0 Å². The van der Waals surface area contributed by atoms with E-state index < -0.39 is 0 Å². The normalized spacial score (nSPS) is 16.6. The van der Waals surface area contributed by atoms with E-state index in [0.29, 0.717) is 29.3 Å². The minimum atomic E-state index is -0.00307. The monoisotopic (exact) mass is 857 g/mol. The van der Waals surface area contributed by atoms with Gasteiger partial charge in [-0.25, -0.2) is 4.98 Å². The van der Waals surface area contributed by atoms with Crippen molar-refractivity contribution >= 4 is 21.8 Å². The van der Waals surface area contributed by atoms with Gasteiger partial charge in [-0.3, -0.25) is 4.68 Å². The standard InChI is InChI=1S/C45H50N4O.Pt/c1-27(2)32-22-34(49-44(28(3)4)43(31(7)47-49)42-29(5)14-13-15-30(42)6)25-36(23-32)50-35-18-19-38-37-16-11-12-17-39(37)48(40(38)26-35)41-24-33(20-21-46-41)45(8,9)10;/h11-12,14,16-24,27-28,30,42H,13,15H2,1-10H3;/q-2;+2/t30-,42?;/m0./s1. The van der Waals surface area contributed by atoms with Crippen molar-refractivity contribution in [3.05, 3.63) is 119 Å². The molecule has 0 N–H and O–H groups in total. The number of aryl methyl sites for hydroxylation is 1. The van der Waals surface area contributed by atoms with Crippen LogP contribution in [-0.2, 0) is 26.5 Å². The van der Waals surface area contributed by atoms with Gasteiger partial charge in [-0.1, -0.05) is 90.8 Å². The summed E-state index contributed by atoms with van der Waals surface area (Å²) in [4.78, 5) is 4.84. The molecular weight excluding hydrogens is 808 g/mol. The molecule has 0 aliphatic heterocycles. The number of ether oxygens (including phenoxy) is 1. The number of hydrogen-bond donors (Lipinski definition) is 0. The van der Waals surface area contributed by atoms with Crippen LogP contribution in [-0.4, -0.2) is 19.3 Å². The van der Waals surface area contributed by atoms with Crippen LogP contribution in [0.15, 0.2) is 78.5 Å². The van der Waals surface area contributed by atoms with Crippen molar-refractivity contribution in [3.63, 3.8) is 0 Å². The van der Waals surface area contributed by atoms with E-state index in [0.717, 1.165) is 45.4 Å². The molecule has 7 rings (SSSR count). The van der Waals surface area contributed by atoms with Crippen molar-refractivity contribution in [2.24, 2.45) is 5.92 Å². The number of rotatable bonds is 7. The van der Waals surface area contributed by atoms with Gasteiger partial charge in [-0.2, -0.15) is 11.2 Å². The number of para-hydroxylation sites is 1. The quantitative estimate of drug-likeness (QED) is 0.119. The van der Waals surface area contributed by atoms with E-state index >= 15 is 0 Å². The predicted molar refractivity (Wildman–Crippen MR) is 206 cm³/mol. The van der Waals surface area contributed by atoms with Crippen molar-refractivity contribution in [2.75, 3.05) is 0 Å². The van der Waals surface area contributed by atoms with Crippen LogP contribution in [0.4, 0.5) is 0 Å². The first-order valence-electron chi connectivity index (χ1n) is 18.3. The Kier molecular flexibility index (Phi) is 10.3. The second-order valence-electron chi connectivity index (χ2n) is 15.9. The molecule has 1 aliphatic rings. The van der Waals surface area contributed by atoms with Gasteiger partial charge < -0.3 is 9.30 Å². The van der Waals surface area contributed by atoms with Crippen LogP contribution in [0.25, 0.3) is 33.3 Å². The number of fused-ring (bicyclic) bond motifs is 3. The summed E-state index contributed by atoms with van der Waals surface area (Å²) >= 11 is 0. The summed E-state index contributed by atoms with van der Waals surface area (Å²) in [5.74, 6) is 3.70. The first-order valence-corrected chi connectivity index (χ1v) is 18.3. The topological polar surface area (TPSA) is 44.9 Å². The zero-order chi connectivity index (χ0) is 35.5. The molecule has 1 aliphatic carbocycles. The smallest absolute Gasteiger partial charge is 0.509 e. The van der Waals surface area contributed by atoms with Crippen molar-refractivity contribution < 1.29 is 25.8 Å². The van der Waals surface area contributed by atoms with Crippen LogP contribution in [0, 0.1) is 25.0 Å². The average Bonchev–Trinajstić information content (AvgIpc) is 3.59. The maximum absolute atomic E-state index is 6.70. The van der Waals surface area contributed by atoms with E-state index in [4.69, 9.17) is 14.8 Å². The van der Waals surface area contributed by atoms with E-state index in [2.05, 4.69) is 151 Å². The molecule has 5 nitrogen and oxygen atoms in total. The van der Waals surface area contributed by atoms with Crippen molar-refractivity contribution in [3.8, 4) is 23.0 Å². The summed E-state index contributed by atoms with van der Waals surface area (Å²) in [5, 5.41) is 7.48. The van der Waals surface area contributed by atoms with Gasteiger partial charge >= 0.3 is 21.1 Å². The van der Waals surface area contributed by atoms with Crippen molar-refractivity contribution in [2.45, 2.75) is 105 Å². The van der Waals surface area contributed by atoms with Gasteiger partial charge in [0.1, 0.15) is 5.82 Å². The number of aromatic nitrogens is 4. The van der Waals surface area contributed by atoms with Gasteiger partial charge in [-0.05, 0) is 84.7 Å². The summed E-state index contributed by atoms with van der Waals surface area (Å²) in [7, 11) is 0. The third-order valence-corrected chi connectivity index (χ3v) is 10.5. The summed E-state index contributed by atoms with van der Waals surface area (Å²) < 4.78 is 11.0. The predicted octanol–water partition coefficient (Wildman–Crippen LogP) is 12.1.